The third kappa shape index (κ3) is 7.06. The number of carbonyl (C=O) groups excluding carboxylic acids is 2. The van der Waals surface area contributed by atoms with E-state index < -0.39 is 0 Å². The lowest BCUT2D eigenvalue weighted by molar-refractivity contribution is -0.118. The molecule has 1 fully saturated rings. The number of likely N-dealkylation sites (N-methyl/N-ethyl adjacent to an activating group) is 1. The summed E-state index contributed by atoms with van der Waals surface area (Å²) in [5.74, 6) is 0.999. The summed E-state index contributed by atoms with van der Waals surface area (Å²) in [5, 5.41) is 3.06. The second-order valence-corrected chi connectivity index (χ2v) is 8.39. The van der Waals surface area contributed by atoms with Crippen molar-refractivity contribution >= 4 is 23.6 Å². The van der Waals surface area contributed by atoms with Gasteiger partial charge in [-0.05, 0) is 44.7 Å². The number of nitrogens with zero attached hydrogens (tertiary/aromatic N) is 1. The summed E-state index contributed by atoms with van der Waals surface area (Å²) in [6, 6.07) is 7.54. The first-order valence-electron chi connectivity index (χ1n) is 9.93. The molecule has 2 rings (SSSR count). The molecule has 0 heterocycles. The number of thioether (sulfide) groups is 1. The van der Waals surface area contributed by atoms with Crippen LogP contribution in [-0.4, -0.2) is 42.1 Å². The van der Waals surface area contributed by atoms with E-state index in [1.807, 2.05) is 38.1 Å². The van der Waals surface area contributed by atoms with E-state index in [-0.39, 0.29) is 11.8 Å². The normalized spacial score (nSPS) is 14.6. The van der Waals surface area contributed by atoms with Crippen LogP contribution in [0.15, 0.2) is 41.3 Å². The molecule has 1 aliphatic carbocycles. The van der Waals surface area contributed by atoms with E-state index in [4.69, 9.17) is 0 Å². The van der Waals surface area contributed by atoms with E-state index in [1.165, 1.54) is 43.9 Å². The third-order valence-corrected chi connectivity index (χ3v) is 5.99. The fourth-order valence-electron chi connectivity index (χ4n) is 3.44. The van der Waals surface area contributed by atoms with Gasteiger partial charge in [0.05, 0.1) is 11.3 Å². The van der Waals surface area contributed by atoms with Gasteiger partial charge < -0.3 is 10.2 Å². The van der Waals surface area contributed by atoms with E-state index >= 15 is 0 Å². The first-order valence-corrected chi connectivity index (χ1v) is 10.9. The molecule has 1 N–H and O–H groups in total. The molecule has 148 valence electrons. The summed E-state index contributed by atoms with van der Waals surface area (Å²) < 4.78 is 0. The first kappa shape index (κ1) is 21.5. The topological polar surface area (TPSA) is 49.4 Å². The fraction of sp³-hybridized carbons (Fsp3) is 0.545. The Labute approximate surface area is 167 Å². The maximum absolute atomic E-state index is 12.9. The lowest BCUT2D eigenvalue weighted by Gasteiger charge is -2.22. The lowest BCUT2D eigenvalue weighted by atomic mass is 9.89. The molecule has 1 aliphatic rings. The molecule has 0 aliphatic heterocycles. The quantitative estimate of drug-likeness (QED) is 0.500. The third-order valence-electron chi connectivity index (χ3n) is 4.92. The van der Waals surface area contributed by atoms with Crippen LogP contribution < -0.4 is 5.32 Å². The molecule has 0 atom stereocenters. The molecule has 27 heavy (non-hydrogen) atoms. The van der Waals surface area contributed by atoms with Crippen LogP contribution in [0.3, 0.4) is 0 Å². The Kier molecular flexibility index (Phi) is 8.92. The van der Waals surface area contributed by atoms with Crippen LogP contribution >= 0.6 is 11.8 Å². The molecule has 1 aromatic carbocycles. The smallest absolute Gasteiger partial charge is 0.255 e. The number of hydrogen-bond donors (Lipinski definition) is 1. The van der Waals surface area contributed by atoms with Gasteiger partial charge in [-0.3, -0.25) is 9.59 Å². The van der Waals surface area contributed by atoms with Crippen molar-refractivity contribution in [1.82, 2.24) is 10.2 Å². The highest BCUT2D eigenvalue weighted by molar-refractivity contribution is 8.00. The Morgan fingerprint density at radius 3 is 2.59 bits per heavy atom. The van der Waals surface area contributed by atoms with Crippen LogP contribution in [-0.2, 0) is 4.79 Å². The van der Waals surface area contributed by atoms with Gasteiger partial charge in [0.15, 0.2) is 0 Å². The SMILES string of the molecule is C=C(C)CN(CC)C(=O)c1ccccc1SCC(=O)NCC1CCCCC1. The van der Waals surface area contributed by atoms with Gasteiger partial charge in [-0.1, -0.05) is 43.5 Å². The van der Waals surface area contributed by atoms with E-state index in [1.54, 1.807) is 4.90 Å². The lowest BCUT2D eigenvalue weighted by Crippen LogP contribution is -2.33. The van der Waals surface area contributed by atoms with Gasteiger partial charge in [0.2, 0.25) is 5.91 Å². The maximum Gasteiger partial charge on any atom is 0.255 e. The Bertz CT molecular complexity index is 653. The molecule has 0 bridgehead atoms. The van der Waals surface area contributed by atoms with Gasteiger partial charge in [0.25, 0.3) is 5.91 Å². The molecular weight excluding hydrogens is 356 g/mol. The van der Waals surface area contributed by atoms with Crippen molar-refractivity contribution in [2.45, 2.75) is 50.8 Å². The monoisotopic (exact) mass is 388 g/mol. The van der Waals surface area contributed by atoms with Crippen molar-refractivity contribution in [3.8, 4) is 0 Å². The Morgan fingerprint density at radius 1 is 1.22 bits per heavy atom. The van der Waals surface area contributed by atoms with Crippen molar-refractivity contribution in [2.24, 2.45) is 5.92 Å². The molecule has 0 spiro atoms. The standard InChI is InChI=1S/C22H32N2O2S/c1-4-24(15-17(2)3)22(26)19-12-8-9-13-20(19)27-16-21(25)23-14-18-10-6-5-7-11-18/h8-9,12-13,18H,2,4-7,10-11,14-16H2,1,3H3,(H,23,25). The Hall–Kier alpha value is -1.75. The minimum Gasteiger partial charge on any atom is -0.355 e. The maximum atomic E-state index is 12.9. The summed E-state index contributed by atoms with van der Waals surface area (Å²) in [5.41, 5.74) is 1.61. The second-order valence-electron chi connectivity index (χ2n) is 7.37. The van der Waals surface area contributed by atoms with Crippen LogP contribution in [0, 0.1) is 5.92 Å². The largest absolute Gasteiger partial charge is 0.355 e. The predicted octanol–water partition coefficient (Wildman–Crippen LogP) is 4.51. The zero-order valence-electron chi connectivity index (χ0n) is 16.6. The molecule has 1 saturated carbocycles. The Morgan fingerprint density at radius 2 is 1.93 bits per heavy atom. The van der Waals surface area contributed by atoms with Gasteiger partial charge in [0, 0.05) is 24.5 Å². The van der Waals surface area contributed by atoms with Gasteiger partial charge in [0.1, 0.15) is 0 Å². The zero-order chi connectivity index (χ0) is 19.6. The summed E-state index contributed by atoms with van der Waals surface area (Å²) >= 11 is 1.43. The highest BCUT2D eigenvalue weighted by Crippen LogP contribution is 2.25. The fourth-order valence-corrected chi connectivity index (χ4v) is 4.31. The summed E-state index contributed by atoms with van der Waals surface area (Å²) in [6.45, 7) is 9.76. The van der Waals surface area contributed by atoms with Crippen molar-refractivity contribution in [2.75, 3.05) is 25.4 Å². The Balaban J connectivity index is 1.91. The number of carbonyl (C=O) groups is 2. The average molecular weight is 389 g/mol. The summed E-state index contributed by atoms with van der Waals surface area (Å²) in [4.78, 5) is 27.8. The van der Waals surface area contributed by atoms with Crippen LogP contribution in [0.25, 0.3) is 0 Å². The van der Waals surface area contributed by atoms with Crippen molar-refractivity contribution in [3.05, 3.63) is 42.0 Å². The second kappa shape index (κ2) is 11.2. The molecule has 5 heteroatoms. The number of benzene rings is 1. The molecule has 0 radical (unpaired) electrons. The van der Waals surface area contributed by atoms with Gasteiger partial charge in [-0.15, -0.1) is 11.8 Å². The van der Waals surface area contributed by atoms with Gasteiger partial charge in [-0.2, -0.15) is 0 Å². The average Bonchev–Trinajstić information content (AvgIpc) is 2.69. The number of nitrogens with one attached hydrogen (secondary N) is 1. The highest BCUT2D eigenvalue weighted by atomic mass is 32.2. The van der Waals surface area contributed by atoms with Gasteiger partial charge in [-0.25, -0.2) is 0 Å². The van der Waals surface area contributed by atoms with Crippen LogP contribution in [0.1, 0.15) is 56.3 Å². The highest BCUT2D eigenvalue weighted by Gasteiger charge is 2.19. The first-order chi connectivity index (χ1) is 13.0. The molecule has 0 saturated heterocycles. The minimum absolute atomic E-state index is 0.00814. The predicted molar refractivity (Wildman–Crippen MR) is 113 cm³/mol. The van der Waals surface area contributed by atoms with E-state index in [0.29, 0.717) is 30.3 Å². The summed E-state index contributed by atoms with van der Waals surface area (Å²) in [7, 11) is 0. The van der Waals surface area contributed by atoms with Crippen molar-refractivity contribution < 1.29 is 9.59 Å². The van der Waals surface area contributed by atoms with Crippen LogP contribution in [0.5, 0.6) is 0 Å². The van der Waals surface area contributed by atoms with E-state index in [9.17, 15) is 9.59 Å². The molecule has 1 aromatic rings. The minimum atomic E-state index is -0.00814. The molecule has 0 unspecified atom stereocenters. The van der Waals surface area contributed by atoms with E-state index in [0.717, 1.165) is 17.0 Å². The molecule has 4 nitrogen and oxygen atoms in total. The van der Waals surface area contributed by atoms with Crippen LogP contribution in [0.4, 0.5) is 0 Å². The zero-order valence-corrected chi connectivity index (χ0v) is 17.4. The number of amides is 2. The van der Waals surface area contributed by atoms with Crippen molar-refractivity contribution in [3.63, 3.8) is 0 Å². The molecule has 2 amide bonds. The van der Waals surface area contributed by atoms with E-state index in [2.05, 4.69) is 11.9 Å². The number of rotatable bonds is 9. The molecule has 0 aromatic heterocycles. The van der Waals surface area contributed by atoms with Gasteiger partial charge >= 0.3 is 0 Å². The van der Waals surface area contributed by atoms with Crippen LogP contribution in [0.2, 0.25) is 0 Å². The summed E-state index contributed by atoms with van der Waals surface area (Å²) in [6.07, 6.45) is 6.33. The van der Waals surface area contributed by atoms with Crippen molar-refractivity contribution in [1.29, 1.82) is 0 Å². The number of hydrogen-bond acceptors (Lipinski definition) is 3. The molecular formula is C22H32N2O2S.